The van der Waals surface area contributed by atoms with E-state index in [-0.39, 0.29) is 5.54 Å². The van der Waals surface area contributed by atoms with Gasteiger partial charge in [-0.25, -0.2) is 4.98 Å². The normalized spacial score (nSPS) is 28.9. The van der Waals surface area contributed by atoms with Gasteiger partial charge in [-0.05, 0) is 37.3 Å². The first-order valence-corrected chi connectivity index (χ1v) is 7.10. The minimum absolute atomic E-state index is 0.00665. The van der Waals surface area contributed by atoms with Crippen LogP contribution in [0.3, 0.4) is 0 Å². The molecule has 2 N–H and O–H groups in total. The van der Waals surface area contributed by atoms with Gasteiger partial charge in [-0.3, -0.25) is 0 Å². The minimum atomic E-state index is -0.00665. The molecule has 1 aromatic heterocycles. The van der Waals surface area contributed by atoms with E-state index in [1.54, 1.807) is 11.3 Å². The van der Waals surface area contributed by atoms with Crippen molar-refractivity contribution in [3.8, 4) is 0 Å². The summed E-state index contributed by atoms with van der Waals surface area (Å²) in [5.74, 6) is 0.773. The number of nitrogens with zero attached hydrogens (tertiary/aromatic N) is 1. The molecule has 2 nitrogen and oxygen atoms in total. The monoisotopic (exact) mass is 246 g/mol. The second-order valence-electron chi connectivity index (χ2n) is 5.46. The summed E-state index contributed by atoms with van der Waals surface area (Å²) in [4.78, 5) is 4.68. The Hall–Kier alpha value is -0.930. The van der Waals surface area contributed by atoms with Crippen LogP contribution in [-0.4, -0.2) is 10.5 Å². The van der Waals surface area contributed by atoms with E-state index in [2.05, 4.69) is 30.1 Å². The maximum Gasteiger partial charge on any atom is 0.0956 e. The first-order chi connectivity index (χ1) is 8.15. The molecule has 2 atom stereocenters. The Kier molecular flexibility index (Phi) is 2.68. The summed E-state index contributed by atoms with van der Waals surface area (Å²) >= 11 is 1.79. The molecule has 90 valence electrons. The van der Waals surface area contributed by atoms with E-state index < -0.39 is 0 Å². The number of rotatable bonds is 2. The lowest BCUT2D eigenvalue weighted by atomic mass is 9.94. The van der Waals surface area contributed by atoms with Crippen LogP contribution < -0.4 is 5.73 Å². The Bertz CT molecular complexity index is 501. The third-order valence-electron chi connectivity index (χ3n) is 3.73. The number of para-hydroxylation sites is 1. The minimum Gasteiger partial charge on any atom is -0.325 e. The number of nitrogens with two attached hydrogens (primary N) is 1. The lowest BCUT2D eigenvalue weighted by Crippen LogP contribution is -2.39. The molecular formula is C14H18N2S. The zero-order valence-electron chi connectivity index (χ0n) is 10.1. The van der Waals surface area contributed by atoms with Crippen LogP contribution in [0.1, 0.15) is 31.2 Å². The molecule has 0 saturated heterocycles. The molecule has 0 radical (unpaired) electrons. The van der Waals surface area contributed by atoms with Gasteiger partial charge in [0.15, 0.2) is 0 Å². The largest absolute Gasteiger partial charge is 0.325 e. The maximum atomic E-state index is 6.47. The SMILES string of the molecule is CC1CCC(N)(Cc2nc3ccccc3s2)C1. The maximum absolute atomic E-state index is 6.47. The van der Waals surface area contributed by atoms with Crippen LogP contribution in [0.2, 0.25) is 0 Å². The van der Waals surface area contributed by atoms with Crippen LogP contribution in [0.4, 0.5) is 0 Å². The average molecular weight is 246 g/mol. The topological polar surface area (TPSA) is 38.9 Å². The highest BCUT2D eigenvalue weighted by Crippen LogP contribution is 2.36. The molecule has 3 rings (SSSR count). The number of hydrogen-bond acceptors (Lipinski definition) is 3. The van der Waals surface area contributed by atoms with Crippen molar-refractivity contribution >= 4 is 21.6 Å². The smallest absolute Gasteiger partial charge is 0.0956 e. The van der Waals surface area contributed by atoms with E-state index >= 15 is 0 Å². The van der Waals surface area contributed by atoms with E-state index in [4.69, 9.17) is 5.73 Å². The van der Waals surface area contributed by atoms with Crippen molar-refractivity contribution < 1.29 is 0 Å². The van der Waals surface area contributed by atoms with Gasteiger partial charge in [0.25, 0.3) is 0 Å². The first kappa shape index (κ1) is 11.2. The van der Waals surface area contributed by atoms with Gasteiger partial charge in [0, 0.05) is 12.0 Å². The Balaban J connectivity index is 1.85. The molecule has 17 heavy (non-hydrogen) atoms. The van der Waals surface area contributed by atoms with Crippen LogP contribution in [0.25, 0.3) is 10.2 Å². The Labute approximate surface area is 106 Å². The summed E-state index contributed by atoms with van der Waals surface area (Å²) < 4.78 is 1.28. The Morgan fingerprint density at radius 1 is 1.47 bits per heavy atom. The van der Waals surface area contributed by atoms with Crippen molar-refractivity contribution in [1.29, 1.82) is 0 Å². The predicted octanol–water partition coefficient (Wildman–Crippen LogP) is 3.36. The van der Waals surface area contributed by atoms with E-state index in [0.29, 0.717) is 0 Å². The van der Waals surface area contributed by atoms with Gasteiger partial charge >= 0.3 is 0 Å². The quantitative estimate of drug-likeness (QED) is 0.882. The van der Waals surface area contributed by atoms with Gasteiger partial charge in [-0.2, -0.15) is 0 Å². The average Bonchev–Trinajstić information content (AvgIpc) is 2.81. The third-order valence-corrected chi connectivity index (χ3v) is 4.77. The van der Waals surface area contributed by atoms with Crippen molar-refractivity contribution in [1.82, 2.24) is 4.98 Å². The second-order valence-corrected chi connectivity index (χ2v) is 6.58. The molecule has 2 unspecified atom stereocenters. The molecule has 0 amide bonds. The molecule has 0 bridgehead atoms. The number of benzene rings is 1. The third kappa shape index (κ3) is 2.22. The van der Waals surface area contributed by atoms with Crippen LogP contribution in [0, 0.1) is 5.92 Å². The highest BCUT2D eigenvalue weighted by Gasteiger charge is 2.34. The number of hydrogen-bond donors (Lipinski definition) is 1. The van der Waals surface area contributed by atoms with Gasteiger partial charge in [0.1, 0.15) is 0 Å². The number of fused-ring (bicyclic) bond motifs is 1. The van der Waals surface area contributed by atoms with E-state index in [1.807, 2.05) is 6.07 Å². The lowest BCUT2D eigenvalue weighted by molar-refractivity contribution is 0.419. The summed E-state index contributed by atoms with van der Waals surface area (Å²) in [6, 6.07) is 8.33. The lowest BCUT2D eigenvalue weighted by Gasteiger charge is -2.22. The van der Waals surface area contributed by atoms with Gasteiger partial charge in [0.2, 0.25) is 0 Å². The molecule has 1 aliphatic carbocycles. The van der Waals surface area contributed by atoms with Crippen LogP contribution in [-0.2, 0) is 6.42 Å². The van der Waals surface area contributed by atoms with Crippen LogP contribution >= 0.6 is 11.3 Å². The summed E-state index contributed by atoms with van der Waals surface area (Å²) in [5, 5.41) is 1.20. The molecule has 1 saturated carbocycles. The van der Waals surface area contributed by atoms with Crippen molar-refractivity contribution in [2.24, 2.45) is 11.7 Å². The molecule has 1 fully saturated rings. The van der Waals surface area contributed by atoms with Crippen molar-refractivity contribution in [2.75, 3.05) is 0 Å². The van der Waals surface area contributed by atoms with Gasteiger partial charge in [-0.15, -0.1) is 11.3 Å². The molecule has 0 spiro atoms. The number of aromatic nitrogens is 1. The van der Waals surface area contributed by atoms with E-state index in [1.165, 1.54) is 16.1 Å². The zero-order valence-corrected chi connectivity index (χ0v) is 11.0. The first-order valence-electron chi connectivity index (χ1n) is 6.28. The molecular weight excluding hydrogens is 228 g/mol. The molecule has 2 aromatic rings. The van der Waals surface area contributed by atoms with Crippen LogP contribution in [0.5, 0.6) is 0 Å². The summed E-state index contributed by atoms with van der Waals surface area (Å²) in [7, 11) is 0. The fraction of sp³-hybridized carbons (Fsp3) is 0.500. The number of thiazole rings is 1. The predicted molar refractivity (Wildman–Crippen MR) is 73.3 cm³/mol. The van der Waals surface area contributed by atoms with Gasteiger partial charge < -0.3 is 5.73 Å². The summed E-state index contributed by atoms with van der Waals surface area (Å²) in [5.41, 5.74) is 7.58. The fourth-order valence-corrected chi connectivity index (χ4v) is 4.01. The molecule has 1 aliphatic rings. The van der Waals surface area contributed by atoms with Crippen molar-refractivity contribution in [2.45, 2.75) is 38.1 Å². The highest BCUT2D eigenvalue weighted by atomic mass is 32.1. The van der Waals surface area contributed by atoms with Crippen molar-refractivity contribution in [3.05, 3.63) is 29.3 Å². The van der Waals surface area contributed by atoms with E-state index in [0.717, 1.165) is 30.7 Å². The Morgan fingerprint density at radius 3 is 3.00 bits per heavy atom. The Morgan fingerprint density at radius 2 is 2.29 bits per heavy atom. The molecule has 1 aromatic carbocycles. The van der Waals surface area contributed by atoms with Gasteiger partial charge in [0.05, 0.1) is 15.2 Å². The highest BCUT2D eigenvalue weighted by molar-refractivity contribution is 7.18. The standard InChI is InChI=1S/C14H18N2S/c1-10-6-7-14(15,8-10)9-13-16-11-4-2-3-5-12(11)17-13/h2-5,10H,6-9,15H2,1H3. The van der Waals surface area contributed by atoms with Crippen LogP contribution in [0.15, 0.2) is 24.3 Å². The molecule has 1 heterocycles. The second kappa shape index (κ2) is 4.07. The molecule has 0 aliphatic heterocycles. The van der Waals surface area contributed by atoms with E-state index in [9.17, 15) is 0 Å². The molecule has 3 heteroatoms. The zero-order chi connectivity index (χ0) is 11.9. The van der Waals surface area contributed by atoms with Crippen molar-refractivity contribution in [3.63, 3.8) is 0 Å². The fourth-order valence-electron chi connectivity index (χ4n) is 2.89. The summed E-state index contributed by atoms with van der Waals surface area (Å²) in [6.07, 6.45) is 4.49. The van der Waals surface area contributed by atoms with Gasteiger partial charge in [-0.1, -0.05) is 19.1 Å². The summed E-state index contributed by atoms with van der Waals surface area (Å²) in [6.45, 7) is 2.30.